The van der Waals surface area contributed by atoms with Gasteiger partial charge in [0.15, 0.2) is 0 Å². The van der Waals surface area contributed by atoms with E-state index in [1.807, 2.05) is 36.2 Å². The summed E-state index contributed by atoms with van der Waals surface area (Å²) >= 11 is 0. The number of carbonyl (C=O) groups excluding carboxylic acids is 2. The summed E-state index contributed by atoms with van der Waals surface area (Å²) < 4.78 is 5.08. The number of benzene rings is 1. The Kier molecular flexibility index (Phi) is 5.74. The van der Waals surface area contributed by atoms with Gasteiger partial charge in [-0.3, -0.25) is 14.5 Å². The van der Waals surface area contributed by atoms with Crippen molar-refractivity contribution in [3.8, 4) is 0 Å². The minimum atomic E-state index is -0.282. The van der Waals surface area contributed by atoms with Gasteiger partial charge in [-0.05, 0) is 24.7 Å². The van der Waals surface area contributed by atoms with Crippen LogP contribution in [0.2, 0.25) is 0 Å². The lowest BCUT2D eigenvalue weighted by Crippen LogP contribution is -2.58. The molecule has 2 rings (SSSR count). The molecule has 1 aliphatic rings. The zero-order chi connectivity index (χ0) is 17.0. The minimum absolute atomic E-state index is 0.0282. The van der Waals surface area contributed by atoms with Crippen LogP contribution in [0, 0.1) is 0 Å². The average molecular weight is 319 g/mol. The van der Waals surface area contributed by atoms with Crippen LogP contribution in [0.25, 0.3) is 0 Å². The maximum absolute atomic E-state index is 12.7. The van der Waals surface area contributed by atoms with Gasteiger partial charge in [-0.2, -0.15) is 0 Å². The number of amides is 2. The molecule has 23 heavy (non-hydrogen) atoms. The van der Waals surface area contributed by atoms with E-state index in [1.165, 1.54) is 0 Å². The zero-order valence-corrected chi connectivity index (χ0v) is 14.3. The number of rotatable bonds is 4. The summed E-state index contributed by atoms with van der Waals surface area (Å²) in [6.45, 7) is 2.28. The molecule has 1 saturated heterocycles. The number of hydrogen-bond donors (Lipinski definition) is 0. The van der Waals surface area contributed by atoms with E-state index in [0.717, 1.165) is 5.56 Å². The largest absolute Gasteiger partial charge is 0.380 e. The quantitative estimate of drug-likeness (QED) is 0.819. The molecule has 0 aliphatic carbocycles. The molecule has 6 nitrogen and oxygen atoms in total. The van der Waals surface area contributed by atoms with E-state index in [4.69, 9.17) is 4.74 Å². The van der Waals surface area contributed by atoms with Crippen molar-refractivity contribution in [2.24, 2.45) is 0 Å². The maximum atomic E-state index is 12.7. The number of ether oxygens (including phenoxy) is 1. The normalized spacial score (nSPS) is 18.8. The van der Waals surface area contributed by atoms with Gasteiger partial charge >= 0.3 is 0 Å². The van der Waals surface area contributed by atoms with E-state index in [9.17, 15) is 9.59 Å². The molecule has 1 aromatic rings. The molecule has 1 fully saturated rings. The van der Waals surface area contributed by atoms with Gasteiger partial charge in [0.2, 0.25) is 5.91 Å². The Morgan fingerprint density at radius 3 is 2.43 bits per heavy atom. The van der Waals surface area contributed by atoms with Crippen LogP contribution in [0.3, 0.4) is 0 Å². The number of nitrogens with zero attached hydrogens (tertiary/aromatic N) is 3. The lowest BCUT2D eigenvalue weighted by Gasteiger charge is -2.39. The second kappa shape index (κ2) is 7.57. The van der Waals surface area contributed by atoms with Crippen LogP contribution in [0.4, 0.5) is 0 Å². The Morgan fingerprint density at radius 2 is 1.87 bits per heavy atom. The summed E-state index contributed by atoms with van der Waals surface area (Å²) in [5.41, 5.74) is 1.67. The van der Waals surface area contributed by atoms with Gasteiger partial charge in [0.05, 0.1) is 6.61 Å². The lowest BCUT2D eigenvalue weighted by molar-refractivity contribution is -0.135. The van der Waals surface area contributed by atoms with Crippen molar-refractivity contribution in [3.63, 3.8) is 0 Å². The molecule has 0 radical (unpaired) electrons. The molecular formula is C17H25N3O3. The first-order valence-electron chi connectivity index (χ1n) is 7.72. The van der Waals surface area contributed by atoms with Crippen LogP contribution < -0.4 is 0 Å². The summed E-state index contributed by atoms with van der Waals surface area (Å²) in [6, 6.07) is 7.15. The molecular weight excluding hydrogens is 294 g/mol. The molecule has 1 aromatic carbocycles. The van der Waals surface area contributed by atoms with E-state index in [1.54, 1.807) is 31.0 Å². The summed E-state index contributed by atoms with van der Waals surface area (Å²) in [5.74, 6) is -0.000865. The summed E-state index contributed by atoms with van der Waals surface area (Å²) in [6.07, 6.45) is 0. The molecule has 0 saturated carbocycles. The van der Waals surface area contributed by atoms with Crippen LogP contribution in [-0.4, -0.2) is 80.4 Å². The molecule has 1 atom stereocenters. The van der Waals surface area contributed by atoms with Crippen molar-refractivity contribution < 1.29 is 14.3 Å². The van der Waals surface area contributed by atoms with E-state index < -0.39 is 0 Å². The van der Waals surface area contributed by atoms with Crippen LogP contribution in [0.1, 0.15) is 15.9 Å². The van der Waals surface area contributed by atoms with Crippen molar-refractivity contribution in [3.05, 3.63) is 35.4 Å². The van der Waals surface area contributed by atoms with Gasteiger partial charge in [-0.1, -0.05) is 12.1 Å². The second-order valence-electron chi connectivity index (χ2n) is 6.11. The highest BCUT2D eigenvalue weighted by Gasteiger charge is 2.33. The summed E-state index contributed by atoms with van der Waals surface area (Å²) in [5, 5.41) is 0. The van der Waals surface area contributed by atoms with Gasteiger partial charge in [-0.15, -0.1) is 0 Å². The number of hydrogen-bond acceptors (Lipinski definition) is 4. The first-order valence-corrected chi connectivity index (χ1v) is 7.72. The molecule has 0 N–H and O–H groups in total. The van der Waals surface area contributed by atoms with Crippen molar-refractivity contribution in [1.29, 1.82) is 0 Å². The number of piperazine rings is 1. The predicted molar refractivity (Wildman–Crippen MR) is 88.2 cm³/mol. The first kappa shape index (κ1) is 17.4. The lowest BCUT2D eigenvalue weighted by atomic mass is 10.1. The smallest absolute Gasteiger partial charge is 0.253 e. The summed E-state index contributed by atoms with van der Waals surface area (Å²) in [4.78, 5) is 30.3. The van der Waals surface area contributed by atoms with Gasteiger partial charge in [0.25, 0.3) is 5.91 Å². The highest BCUT2D eigenvalue weighted by Crippen LogP contribution is 2.14. The van der Waals surface area contributed by atoms with Gasteiger partial charge in [-0.25, -0.2) is 0 Å². The molecule has 6 heteroatoms. The molecule has 1 aliphatic heterocycles. The molecule has 1 unspecified atom stereocenters. The average Bonchev–Trinajstić information content (AvgIpc) is 2.55. The summed E-state index contributed by atoms with van der Waals surface area (Å²) in [7, 11) is 7.05. The molecule has 0 bridgehead atoms. The second-order valence-corrected chi connectivity index (χ2v) is 6.11. The Labute approximate surface area is 137 Å². The first-order chi connectivity index (χ1) is 10.9. The maximum Gasteiger partial charge on any atom is 0.253 e. The van der Waals surface area contributed by atoms with Crippen molar-refractivity contribution >= 4 is 11.8 Å². The third-order valence-corrected chi connectivity index (χ3v) is 4.17. The highest BCUT2D eigenvalue weighted by atomic mass is 16.5. The van der Waals surface area contributed by atoms with Crippen LogP contribution in [-0.2, 0) is 16.1 Å². The van der Waals surface area contributed by atoms with Crippen molar-refractivity contribution in [1.82, 2.24) is 14.7 Å². The molecule has 2 amide bonds. The Hall–Kier alpha value is -1.92. The van der Waals surface area contributed by atoms with Crippen molar-refractivity contribution in [2.45, 2.75) is 12.6 Å². The number of likely N-dealkylation sites (N-methyl/N-ethyl adjacent to an activating group) is 2. The number of methoxy groups -OCH3 is 1. The van der Waals surface area contributed by atoms with Crippen molar-refractivity contribution in [2.75, 3.05) is 47.9 Å². The Bertz CT molecular complexity index is 557. The van der Waals surface area contributed by atoms with Crippen LogP contribution in [0.5, 0.6) is 0 Å². The molecule has 1 heterocycles. The fourth-order valence-corrected chi connectivity index (χ4v) is 2.72. The van der Waals surface area contributed by atoms with E-state index in [-0.39, 0.29) is 17.9 Å². The van der Waals surface area contributed by atoms with Gasteiger partial charge < -0.3 is 14.5 Å². The predicted octanol–water partition coefficient (Wildman–Crippen LogP) is 0.677. The Balaban J connectivity index is 2.08. The van der Waals surface area contributed by atoms with E-state index in [0.29, 0.717) is 31.8 Å². The topological polar surface area (TPSA) is 53.1 Å². The standard InChI is InChI=1S/C17H25N3O3/c1-18(2)17(22)15-11-20(10-9-19(15)3)16(21)14-7-5-13(6-8-14)12-23-4/h5-8,15H,9-12H2,1-4H3. The van der Waals surface area contributed by atoms with E-state index in [2.05, 4.69) is 0 Å². The Morgan fingerprint density at radius 1 is 1.22 bits per heavy atom. The molecule has 126 valence electrons. The zero-order valence-electron chi connectivity index (χ0n) is 14.3. The molecule has 0 aromatic heterocycles. The van der Waals surface area contributed by atoms with Gasteiger partial charge in [0.1, 0.15) is 6.04 Å². The van der Waals surface area contributed by atoms with Crippen LogP contribution in [0.15, 0.2) is 24.3 Å². The minimum Gasteiger partial charge on any atom is -0.380 e. The highest BCUT2D eigenvalue weighted by molar-refractivity contribution is 5.95. The SMILES string of the molecule is COCc1ccc(C(=O)N2CCN(C)C(C(=O)N(C)C)C2)cc1. The fourth-order valence-electron chi connectivity index (χ4n) is 2.72. The van der Waals surface area contributed by atoms with E-state index >= 15 is 0 Å². The van der Waals surface area contributed by atoms with Crippen LogP contribution >= 0.6 is 0 Å². The van der Waals surface area contributed by atoms with Gasteiger partial charge in [0, 0.05) is 46.4 Å². The number of carbonyl (C=O) groups is 2. The third kappa shape index (κ3) is 4.09. The monoisotopic (exact) mass is 319 g/mol. The fraction of sp³-hybridized carbons (Fsp3) is 0.529. The third-order valence-electron chi connectivity index (χ3n) is 4.17. The molecule has 0 spiro atoms.